The predicted octanol–water partition coefficient (Wildman–Crippen LogP) is 0.854. The van der Waals surface area contributed by atoms with Crippen molar-refractivity contribution < 1.29 is 5.11 Å². The molecule has 3 aromatic heterocycles. The Morgan fingerprint density at radius 3 is 2.90 bits per heavy atom. The number of imidazole rings is 1. The van der Waals surface area contributed by atoms with Crippen LogP contribution in [0.2, 0.25) is 5.02 Å². The topological polar surface area (TPSA) is 136 Å². The van der Waals surface area contributed by atoms with E-state index in [0.717, 1.165) is 18.5 Å². The normalized spacial score (nSPS) is 15.3. The number of aromatic nitrogens is 6. The summed E-state index contributed by atoms with van der Waals surface area (Å²) in [6, 6.07) is 7.44. The lowest BCUT2D eigenvalue weighted by molar-refractivity contribution is 0.454. The van der Waals surface area contributed by atoms with Crippen LogP contribution in [0.3, 0.4) is 0 Å². The van der Waals surface area contributed by atoms with Gasteiger partial charge in [0, 0.05) is 15.9 Å². The van der Waals surface area contributed by atoms with E-state index in [1.165, 1.54) is 4.52 Å². The molecule has 0 radical (unpaired) electrons. The van der Waals surface area contributed by atoms with Gasteiger partial charge in [0.1, 0.15) is 5.69 Å². The summed E-state index contributed by atoms with van der Waals surface area (Å²) in [6.07, 6.45) is 5.18. The van der Waals surface area contributed by atoms with Crippen LogP contribution < -0.4 is 21.8 Å². The summed E-state index contributed by atoms with van der Waals surface area (Å²) in [5.74, 6) is 0.0738. The number of aromatic amines is 2. The molecule has 0 spiro atoms. The van der Waals surface area contributed by atoms with Crippen LogP contribution >= 0.6 is 11.6 Å². The van der Waals surface area contributed by atoms with Crippen molar-refractivity contribution in [1.82, 2.24) is 29.5 Å². The SMILES string of the molecule is O=c1[nH]c(O)c(C=c2cnn3c(=NC4CC4)nc(Nc4cccc(Cl)c4)nc23)[nH]1. The number of rotatable bonds is 4. The van der Waals surface area contributed by atoms with E-state index in [9.17, 15) is 9.90 Å². The molecule has 1 aliphatic rings. The van der Waals surface area contributed by atoms with Gasteiger partial charge in [0.25, 0.3) is 5.62 Å². The van der Waals surface area contributed by atoms with Gasteiger partial charge in [0.15, 0.2) is 5.65 Å². The Balaban J connectivity index is 1.68. The van der Waals surface area contributed by atoms with Crippen LogP contribution in [0, 0.1) is 0 Å². The fourth-order valence-corrected chi connectivity index (χ4v) is 3.02. The van der Waals surface area contributed by atoms with Gasteiger partial charge in [-0.25, -0.2) is 9.79 Å². The molecule has 1 aromatic carbocycles. The molecule has 0 amide bonds. The molecule has 0 aliphatic heterocycles. The molecule has 1 aliphatic carbocycles. The van der Waals surface area contributed by atoms with Crippen molar-refractivity contribution >= 4 is 35.0 Å². The minimum atomic E-state index is -0.507. The Labute approximate surface area is 167 Å². The summed E-state index contributed by atoms with van der Waals surface area (Å²) in [5, 5.41) is 18.5. The summed E-state index contributed by atoms with van der Waals surface area (Å²) >= 11 is 6.06. The second-order valence-electron chi connectivity index (χ2n) is 6.66. The number of fused-ring (bicyclic) bond motifs is 1. The van der Waals surface area contributed by atoms with Crippen molar-refractivity contribution in [3.63, 3.8) is 0 Å². The molecule has 5 rings (SSSR count). The molecular weight excluding hydrogens is 396 g/mol. The summed E-state index contributed by atoms with van der Waals surface area (Å²) < 4.78 is 1.54. The zero-order valence-corrected chi connectivity index (χ0v) is 15.7. The predicted molar refractivity (Wildman–Crippen MR) is 106 cm³/mol. The molecule has 146 valence electrons. The van der Waals surface area contributed by atoms with E-state index >= 15 is 0 Å². The number of aromatic hydroxyl groups is 1. The van der Waals surface area contributed by atoms with Gasteiger partial charge in [-0.2, -0.15) is 19.6 Å². The molecule has 0 unspecified atom stereocenters. The maximum atomic E-state index is 11.4. The van der Waals surface area contributed by atoms with Crippen molar-refractivity contribution in [3.8, 4) is 5.88 Å². The number of anilines is 2. The van der Waals surface area contributed by atoms with Gasteiger partial charge in [0.05, 0.1) is 12.2 Å². The van der Waals surface area contributed by atoms with Crippen LogP contribution in [0.4, 0.5) is 11.6 Å². The highest BCUT2D eigenvalue weighted by atomic mass is 35.5. The minimum absolute atomic E-state index is 0.230. The van der Waals surface area contributed by atoms with Crippen molar-refractivity contribution in [1.29, 1.82) is 0 Å². The highest BCUT2D eigenvalue weighted by molar-refractivity contribution is 6.30. The first-order valence-corrected chi connectivity index (χ1v) is 9.28. The maximum absolute atomic E-state index is 11.4. The minimum Gasteiger partial charge on any atom is -0.493 e. The Kier molecular flexibility index (Phi) is 4.06. The average molecular weight is 411 g/mol. The molecule has 1 fully saturated rings. The number of halogens is 1. The lowest BCUT2D eigenvalue weighted by Crippen LogP contribution is -2.24. The van der Waals surface area contributed by atoms with Crippen LogP contribution in [0.1, 0.15) is 18.5 Å². The number of nitrogens with zero attached hydrogens (tertiary/aromatic N) is 5. The lowest BCUT2D eigenvalue weighted by Gasteiger charge is -2.05. The van der Waals surface area contributed by atoms with E-state index in [2.05, 4.69) is 35.3 Å². The van der Waals surface area contributed by atoms with Crippen molar-refractivity contribution in [2.24, 2.45) is 4.99 Å². The third-order valence-corrected chi connectivity index (χ3v) is 4.57. The maximum Gasteiger partial charge on any atom is 0.326 e. The van der Waals surface area contributed by atoms with Gasteiger partial charge in [-0.15, -0.1) is 0 Å². The van der Waals surface area contributed by atoms with E-state index < -0.39 is 5.69 Å². The molecule has 0 saturated heterocycles. The summed E-state index contributed by atoms with van der Waals surface area (Å²) in [5.41, 5.74) is 1.36. The monoisotopic (exact) mass is 410 g/mol. The molecule has 10 nitrogen and oxygen atoms in total. The van der Waals surface area contributed by atoms with E-state index in [-0.39, 0.29) is 17.6 Å². The zero-order chi connectivity index (χ0) is 20.0. The fourth-order valence-electron chi connectivity index (χ4n) is 2.83. The molecule has 4 N–H and O–H groups in total. The largest absolute Gasteiger partial charge is 0.493 e. The smallest absolute Gasteiger partial charge is 0.326 e. The molecule has 3 heterocycles. The van der Waals surface area contributed by atoms with E-state index in [1.807, 2.05) is 12.1 Å². The number of hydrogen-bond acceptors (Lipinski definition) is 7. The van der Waals surface area contributed by atoms with Gasteiger partial charge in [-0.05, 0) is 37.1 Å². The first-order valence-electron chi connectivity index (χ1n) is 8.90. The van der Waals surface area contributed by atoms with E-state index in [4.69, 9.17) is 11.6 Å². The van der Waals surface area contributed by atoms with Crippen LogP contribution in [0.25, 0.3) is 11.7 Å². The molecule has 0 bridgehead atoms. The second-order valence-corrected chi connectivity index (χ2v) is 7.10. The van der Waals surface area contributed by atoms with Crippen LogP contribution in [0.15, 0.2) is 40.2 Å². The highest BCUT2D eigenvalue weighted by Crippen LogP contribution is 2.22. The first kappa shape index (κ1) is 17.4. The Morgan fingerprint density at radius 2 is 2.17 bits per heavy atom. The summed E-state index contributed by atoms with van der Waals surface area (Å²) in [7, 11) is 0. The van der Waals surface area contributed by atoms with Crippen LogP contribution in [-0.4, -0.2) is 40.7 Å². The fraction of sp³-hybridized carbons (Fsp3) is 0.167. The number of benzene rings is 1. The summed E-state index contributed by atoms with van der Waals surface area (Å²) in [4.78, 5) is 29.8. The second kappa shape index (κ2) is 6.74. The van der Waals surface area contributed by atoms with Gasteiger partial charge in [0.2, 0.25) is 11.8 Å². The van der Waals surface area contributed by atoms with Crippen LogP contribution in [-0.2, 0) is 0 Å². The Hall–Kier alpha value is -3.66. The van der Waals surface area contributed by atoms with Gasteiger partial charge >= 0.3 is 5.69 Å². The third-order valence-electron chi connectivity index (χ3n) is 4.34. The van der Waals surface area contributed by atoms with Crippen LogP contribution in [0.5, 0.6) is 5.88 Å². The van der Waals surface area contributed by atoms with Crippen molar-refractivity contribution in [3.05, 3.63) is 62.5 Å². The number of hydrogen-bond donors (Lipinski definition) is 4. The Bertz CT molecular complexity index is 1400. The summed E-state index contributed by atoms with van der Waals surface area (Å²) in [6.45, 7) is 0. The molecule has 29 heavy (non-hydrogen) atoms. The molecule has 11 heteroatoms. The van der Waals surface area contributed by atoms with E-state index in [1.54, 1.807) is 24.4 Å². The number of H-pyrrole nitrogens is 2. The molecule has 4 aromatic rings. The molecule has 0 atom stereocenters. The standard InChI is InChI=1S/C18H15ClN8O2/c19-10-2-1-3-12(7-10)21-16-24-14-9(6-13-15(28)25-18(29)23-13)8-20-27(14)17(26-16)22-11-4-5-11/h1-3,6-8,11,28H,4-5H2,(H,21,22,26)(H2,23,25,29). The van der Waals surface area contributed by atoms with Gasteiger partial charge in [-0.3, -0.25) is 4.98 Å². The Morgan fingerprint density at radius 1 is 1.31 bits per heavy atom. The average Bonchev–Trinajstić information content (AvgIpc) is 3.31. The lowest BCUT2D eigenvalue weighted by atomic mass is 10.3. The van der Waals surface area contributed by atoms with Crippen molar-refractivity contribution in [2.45, 2.75) is 18.9 Å². The number of nitrogens with one attached hydrogen (secondary N) is 3. The first-order chi connectivity index (χ1) is 14.0. The third kappa shape index (κ3) is 3.57. The van der Waals surface area contributed by atoms with Crippen molar-refractivity contribution in [2.75, 3.05) is 5.32 Å². The molecule has 1 saturated carbocycles. The van der Waals surface area contributed by atoms with Gasteiger partial charge in [-0.1, -0.05) is 17.7 Å². The molecular formula is C18H15ClN8O2. The zero-order valence-electron chi connectivity index (χ0n) is 14.9. The quantitative estimate of drug-likeness (QED) is 0.394. The van der Waals surface area contributed by atoms with E-state index in [0.29, 0.717) is 27.5 Å². The van der Waals surface area contributed by atoms with Gasteiger partial charge < -0.3 is 15.4 Å². The highest BCUT2D eigenvalue weighted by Gasteiger charge is 2.21.